The van der Waals surface area contributed by atoms with E-state index in [1.54, 1.807) is 18.4 Å². The molecule has 2 rings (SSSR count). The highest BCUT2D eigenvalue weighted by Crippen LogP contribution is 2.30. The van der Waals surface area contributed by atoms with E-state index in [0.29, 0.717) is 0 Å². The normalized spacial score (nSPS) is 11.3. The summed E-state index contributed by atoms with van der Waals surface area (Å²) in [7, 11) is 1.66. The minimum absolute atomic E-state index is 0.0731. The van der Waals surface area contributed by atoms with Crippen LogP contribution in [0.3, 0.4) is 0 Å². The number of nitrogens with two attached hydrogens (primary N) is 1. The minimum atomic E-state index is 0.0731. The molecule has 1 heterocycles. The van der Waals surface area contributed by atoms with Gasteiger partial charge in [-0.1, -0.05) is 19.9 Å². The summed E-state index contributed by atoms with van der Waals surface area (Å²) in [4.78, 5) is 1.36. The second kappa shape index (κ2) is 5.53. The van der Waals surface area contributed by atoms with Crippen molar-refractivity contribution in [3.05, 3.63) is 40.6 Å². The van der Waals surface area contributed by atoms with Crippen molar-refractivity contribution >= 4 is 22.7 Å². The Labute approximate surface area is 118 Å². The number of nitrogen functional groups attached to an aromatic ring is 1. The SMILES string of the molecule is COc1ccc(N)c(NCC(C)(C)c2cccs2)c1. The lowest BCUT2D eigenvalue weighted by molar-refractivity contribution is 0.415. The Morgan fingerprint density at radius 3 is 2.74 bits per heavy atom. The minimum Gasteiger partial charge on any atom is -0.497 e. The summed E-state index contributed by atoms with van der Waals surface area (Å²) in [5, 5.41) is 5.53. The summed E-state index contributed by atoms with van der Waals surface area (Å²) >= 11 is 1.78. The first-order valence-corrected chi connectivity index (χ1v) is 7.12. The Hall–Kier alpha value is -1.68. The maximum Gasteiger partial charge on any atom is 0.121 e. The van der Waals surface area contributed by atoms with Gasteiger partial charge in [-0.25, -0.2) is 0 Å². The van der Waals surface area contributed by atoms with Crippen molar-refractivity contribution in [3.8, 4) is 5.75 Å². The van der Waals surface area contributed by atoms with E-state index in [-0.39, 0.29) is 5.41 Å². The van der Waals surface area contributed by atoms with Crippen LogP contribution < -0.4 is 15.8 Å². The molecule has 0 spiro atoms. The number of hydrogen-bond acceptors (Lipinski definition) is 4. The van der Waals surface area contributed by atoms with Gasteiger partial charge in [0.15, 0.2) is 0 Å². The summed E-state index contributed by atoms with van der Waals surface area (Å²) in [6.07, 6.45) is 0. The fraction of sp³-hybridized carbons (Fsp3) is 0.333. The Morgan fingerprint density at radius 2 is 2.11 bits per heavy atom. The van der Waals surface area contributed by atoms with Crippen molar-refractivity contribution < 1.29 is 4.74 Å². The van der Waals surface area contributed by atoms with Crippen molar-refractivity contribution in [2.75, 3.05) is 24.7 Å². The zero-order chi connectivity index (χ0) is 13.9. The third-order valence-electron chi connectivity index (χ3n) is 3.17. The molecule has 0 amide bonds. The standard InChI is InChI=1S/C15H20N2OS/c1-15(2,14-5-4-8-19-14)10-17-13-9-11(18-3)6-7-12(13)16/h4-9,17H,10,16H2,1-3H3. The largest absolute Gasteiger partial charge is 0.497 e. The van der Waals surface area contributed by atoms with Crippen LogP contribution in [0.5, 0.6) is 5.75 Å². The van der Waals surface area contributed by atoms with Crippen LogP contribution in [0.1, 0.15) is 18.7 Å². The topological polar surface area (TPSA) is 47.3 Å². The van der Waals surface area contributed by atoms with E-state index in [9.17, 15) is 0 Å². The molecule has 0 aliphatic rings. The number of thiophene rings is 1. The van der Waals surface area contributed by atoms with Crippen LogP contribution in [0.15, 0.2) is 35.7 Å². The van der Waals surface area contributed by atoms with Gasteiger partial charge in [-0.2, -0.15) is 0 Å². The summed E-state index contributed by atoms with van der Waals surface area (Å²) in [6.45, 7) is 5.27. The van der Waals surface area contributed by atoms with E-state index in [2.05, 4.69) is 36.7 Å². The van der Waals surface area contributed by atoms with Crippen molar-refractivity contribution in [1.29, 1.82) is 0 Å². The average molecular weight is 276 g/mol. The smallest absolute Gasteiger partial charge is 0.121 e. The number of benzene rings is 1. The molecule has 0 fully saturated rings. The Morgan fingerprint density at radius 1 is 1.32 bits per heavy atom. The highest BCUT2D eigenvalue weighted by atomic mass is 32.1. The van der Waals surface area contributed by atoms with Crippen LogP contribution >= 0.6 is 11.3 Å². The van der Waals surface area contributed by atoms with Gasteiger partial charge in [-0.05, 0) is 23.6 Å². The van der Waals surface area contributed by atoms with Gasteiger partial charge in [-0.15, -0.1) is 11.3 Å². The molecular weight excluding hydrogens is 256 g/mol. The third kappa shape index (κ3) is 3.20. The molecule has 0 aliphatic carbocycles. The highest BCUT2D eigenvalue weighted by molar-refractivity contribution is 7.10. The summed E-state index contributed by atoms with van der Waals surface area (Å²) in [6, 6.07) is 9.91. The van der Waals surface area contributed by atoms with Crippen LogP contribution in [0.4, 0.5) is 11.4 Å². The van der Waals surface area contributed by atoms with Crippen molar-refractivity contribution in [3.63, 3.8) is 0 Å². The maximum atomic E-state index is 5.98. The molecule has 0 radical (unpaired) electrons. The molecule has 0 saturated heterocycles. The molecule has 102 valence electrons. The molecule has 4 heteroatoms. The molecule has 3 N–H and O–H groups in total. The van der Waals surface area contributed by atoms with Crippen LogP contribution in [0, 0.1) is 0 Å². The lowest BCUT2D eigenvalue weighted by atomic mass is 9.91. The Kier molecular flexibility index (Phi) is 4.00. The first kappa shape index (κ1) is 13.7. The molecule has 0 saturated carbocycles. The van der Waals surface area contributed by atoms with Gasteiger partial charge < -0.3 is 15.8 Å². The summed E-state index contributed by atoms with van der Waals surface area (Å²) in [5.74, 6) is 0.811. The molecule has 1 aromatic carbocycles. The quantitative estimate of drug-likeness (QED) is 0.818. The van der Waals surface area contributed by atoms with Gasteiger partial charge in [0.25, 0.3) is 0 Å². The second-order valence-electron chi connectivity index (χ2n) is 5.17. The van der Waals surface area contributed by atoms with Gasteiger partial charge in [0.2, 0.25) is 0 Å². The van der Waals surface area contributed by atoms with Gasteiger partial charge >= 0.3 is 0 Å². The Bertz CT molecular complexity index is 535. The number of anilines is 2. The van der Waals surface area contributed by atoms with E-state index in [1.165, 1.54) is 4.88 Å². The highest BCUT2D eigenvalue weighted by Gasteiger charge is 2.21. The second-order valence-corrected chi connectivity index (χ2v) is 6.12. The van der Waals surface area contributed by atoms with Gasteiger partial charge in [-0.3, -0.25) is 0 Å². The van der Waals surface area contributed by atoms with E-state index in [1.807, 2.05) is 18.2 Å². The van der Waals surface area contributed by atoms with Crippen molar-refractivity contribution in [2.45, 2.75) is 19.3 Å². The predicted octanol–water partition coefficient (Wildman–Crippen LogP) is 3.73. The summed E-state index contributed by atoms with van der Waals surface area (Å²) in [5.41, 5.74) is 7.71. The fourth-order valence-corrected chi connectivity index (χ4v) is 2.73. The number of rotatable bonds is 5. The molecule has 2 aromatic rings. The van der Waals surface area contributed by atoms with Gasteiger partial charge in [0.1, 0.15) is 5.75 Å². The first-order chi connectivity index (χ1) is 9.03. The molecular formula is C15H20N2OS. The molecule has 3 nitrogen and oxygen atoms in total. The number of methoxy groups -OCH3 is 1. The van der Waals surface area contributed by atoms with Gasteiger partial charge in [0, 0.05) is 22.9 Å². The van der Waals surface area contributed by atoms with Gasteiger partial charge in [0.05, 0.1) is 18.5 Å². The molecule has 0 bridgehead atoms. The predicted molar refractivity (Wildman–Crippen MR) is 83.2 cm³/mol. The van der Waals surface area contributed by atoms with Crippen molar-refractivity contribution in [1.82, 2.24) is 0 Å². The Balaban J connectivity index is 2.10. The zero-order valence-corrected chi connectivity index (χ0v) is 12.4. The monoisotopic (exact) mass is 276 g/mol. The molecule has 0 aliphatic heterocycles. The first-order valence-electron chi connectivity index (χ1n) is 6.24. The molecule has 19 heavy (non-hydrogen) atoms. The summed E-state index contributed by atoms with van der Waals surface area (Å²) < 4.78 is 5.22. The maximum absolute atomic E-state index is 5.98. The molecule has 0 atom stereocenters. The molecule has 0 unspecified atom stereocenters. The van der Waals surface area contributed by atoms with E-state index < -0.39 is 0 Å². The van der Waals surface area contributed by atoms with E-state index >= 15 is 0 Å². The number of hydrogen-bond donors (Lipinski definition) is 2. The van der Waals surface area contributed by atoms with Crippen LogP contribution in [0.2, 0.25) is 0 Å². The lowest BCUT2D eigenvalue weighted by Gasteiger charge is -2.25. The van der Waals surface area contributed by atoms with E-state index in [0.717, 1.165) is 23.7 Å². The molecule has 1 aromatic heterocycles. The van der Waals surface area contributed by atoms with Crippen molar-refractivity contribution in [2.24, 2.45) is 0 Å². The van der Waals surface area contributed by atoms with Crippen LogP contribution in [0.25, 0.3) is 0 Å². The van der Waals surface area contributed by atoms with E-state index in [4.69, 9.17) is 10.5 Å². The number of ether oxygens (including phenoxy) is 1. The fourth-order valence-electron chi connectivity index (χ4n) is 1.88. The average Bonchev–Trinajstić information content (AvgIpc) is 2.92. The third-order valence-corrected chi connectivity index (χ3v) is 4.41. The van der Waals surface area contributed by atoms with Crippen LogP contribution in [-0.2, 0) is 5.41 Å². The number of nitrogens with one attached hydrogen (secondary N) is 1. The lowest BCUT2D eigenvalue weighted by Crippen LogP contribution is -2.26. The van der Waals surface area contributed by atoms with Crippen LogP contribution in [-0.4, -0.2) is 13.7 Å². The zero-order valence-electron chi connectivity index (χ0n) is 11.6.